The monoisotopic (exact) mass is 328 g/mol. The molecule has 0 unspecified atom stereocenters. The van der Waals surface area contributed by atoms with Crippen LogP contribution in [0.1, 0.15) is 36.5 Å². The molecule has 6 atom stereocenters. The summed E-state index contributed by atoms with van der Waals surface area (Å²) >= 11 is 0. The van der Waals surface area contributed by atoms with Crippen molar-refractivity contribution in [2.45, 2.75) is 38.4 Å². The van der Waals surface area contributed by atoms with E-state index in [1.165, 1.54) is 0 Å². The maximum Gasteiger partial charge on any atom is 0.310 e. The average Bonchev–Trinajstić information content (AvgIpc) is 3.21. The Balaban J connectivity index is 1.49. The minimum Gasteiger partial charge on any atom is -0.462 e. The molecule has 1 saturated heterocycles. The van der Waals surface area contributed by atoms with Crippen molar-refractivity contribution in [2.75, 3.05) is 0 Å². The largest absolute Gasteiger partial charge is 0.462 e. The molecule has 126 valence electrons. The molecule has 1 heterocycles. The van der Waals surface area contributed by atoms with Crippen LogP contribution in [0.2, 0.25) is 0 Å². The number of carbonyl (C=O) groups excluding carboxylic acids is 3. The van der Waals surface area contributed by atoms with Crippen LogP contribution in [0.3, 0.4) is 0 Å². The van der Waals surface area contributed by atoms with E-state index in [9.17, 15) is 14.4 Å². The van der Waals surface area contributed by atoms with Crippen molar-refractivity contribution in [3.8, 4) is 0 Å². The normalized spacial score (nSPS) is 34.0. The van der Waals surface area contributed by atoms with Gasteiger partial charge in [0.2, 0.25) is 5.78 Å². The summed E-state index contributed by atoms with van der Waals surface area (Å²) in [6.45, 7) is 1.82. The van der Waals surface area contributed by atoms with Gasteiger partial charge < -0.3 is 9.47 Å². The van der Waals surface area contributed by atoms with Gasteiger partial charge in [-0.1, -0.05) is 37.3 Å². The van der Waals surface area contributed by atoms with E-state index in [2.05, 4.69) is 0 Å². The summed E-state index contributed by atoms with van der Waals surface area (Å²) in [6.07, 6.45) is 1.20. The SMILES string of the molecule is CC[C@@H](OC(=O)[C@H]1[C@@H]2C[C@@H]3[C@@H]1C(=O)O[C@@H]3C2)C(=O)c1ccccc1. The van der Waals surface area contributed by atoms with Crippen molar-refractivity contribution >= 4 is 17.7 Å². The van der Waals surface area contributed by atoms with Gasteiger partial charge in [0.15, 0.2) is 6.10 Å². The van der Waals surface area contributed by atoms with Crippen LogP contribution in [0.4, 0.5) is 0 Å². The predicted octanol–water partition coefficient (Wildman–Crippen LogP) is 2.39. The molecule has 0 radical (unpaired) electrons. The fraction of sp³-hybridized carbons (Fsp3) is 0.526. The van der Waals surface area contributed by atoms with Crippen LogP contribution in [0.5, 0.6) is 0 Å². The van der Waals surface area contributed by atoms with Crippen molar-refractivity contribution in [2.24, 2.45) is 23.7 Å². The van der Waals surface area contributed by atoms with Crippen LogP contribution in [-0.2, 0) is 19.1 Å². The van der Waals surface area contributed by atoms with E-state index in [1.807, 2.05) is 13.0 Å². The van der Waals surface area contributed by atoms with Crippen molar-refractivity contribution < 1.29 is 23.9 Å². The van der Waals surface area contributed by atoms with E-state index in [1.54, 1.807) is 24.3 Å². The molecule has 2 bridgehead atoms. The lowest BCUT2D eigenvalue weighted by Crippen LogP contribution is -2.37. The molecule has 24 heavy (non-hydrogen) atoms. The third-order valence-corrected chi connectivity index (χ3v) is 5.74. The quantitative estimate of drug-likeness (QED) is 0.613. The summed E-state index contributed by atoms with van der Waals surface area (Å²) in [5, 5.41) is 0. The fourth-order valence-electron chi connectivity index (χ4n) is 4.65. The summed E-state index contributed by atoms with van der Waals surface area (Å²) in [4.78, 5) is 37.3. The van der Waals surface area contributed by atoms with Gasteiger partial charge in [0, 0.05) is 11.5 Å². The smallest absolute Gasteiger partial charge is 0.310 e. The number of hydrogen-bond acceptors (Lipinski definition) is 5. The number of hydrogen-bond donors (Lipinski definition) is 0. The molecule has 3 fully saturated rings. The highest BCUT2D eigenvalue weighted by Crippen LogP contribution is 2.58. The lowest BCUT2D eigenvalue weighted by molar-refractivity contribution is -0.158. The highest BCUT2D eigenvalue weighted by Gasteiger charge is 2.64. The highest BCUT2D eigenvalue weighted by molar-refractivity contribution is 6.00. The molecule has 0 amide bonds. The zero-order valence-electron chi connectivity index (χ0n) is 13.5. The van der Waals surface area contributed by atoms with Gasteiger partial charge in [0.05, 0.1) is 11.8 Å². The van der Waals surface area contributed by atoms with Crippen LogP contribution in [0.15, 0.2) is 30.3 Å². The number of rotatable bonds is 5. The average molecular weight is 328 g/mol. The Morgan fingerprint density at radius 1 is 1.25 bits per heavy atom. The van der Waals surface area contributed by atoms with E-state index in [4.69, 9.17) is 9.47 Å². The molecule has 1 aromatic rings. The van der Waals surface area contributed by atoms with Gasteiger partial charge in [-0.3, -0.25) is 14.4 Å². The van der Waals surface area contributed by atoms with E-state index in [0.29, 0.717) is 12.0 Å². The van der Waals surface area contributed by atoms with Gasteiger partial charge in [0.25, 0.3) is 0 Å². The number of benzene rings is 1. The van der Waals surface area contributed by atoms with Gasteiger partial charge in [-0.25, -0.2) is 0 Å². The summed E-state index contributed by atoms with van der Waals surface area (Å²) in [7, 11) is 0. The molecule has 4 rings (SSSR count). The molecular formula is C19H20O5. The second-order valence-electron chi connectivity index (χ2n) is 6.99. The number of ketones is 1. The molecule has 3 aliphatic rings. The standard InChI is InChI=1S/C19H20O5/c1-2-13(17(20)10-6-4-3-5-7-10)23-18(21)15-11-8-12-14(9-11)24-19(22)16(12)15/h3-7,11-16H,2,8-9H2,1H3/t11-,12+,13-,14-,15+,16+/m1/s1. The molecule has 0 aromatic heterocycles. The molecule has 1 aromatic carbocycles. The Kier molecular flexibility index (Phi) is 3.66. The van der Waals surface area contributed by atoms with Gasteiger partial charge in [-0.2, -0.15) is 0 Å². The van der Waals surface area contributed by atoms with Crippen LogP contribution in [-0.4, -0.2) is 29.9 Å². The second kappa shape index (κ2) is 5.72. The first kappa shape index (κ1) is 15.4. The summed E-state index contributed by atoms with van der Waals surface area (Å²) in [5.41, 5.74) is 0.533. The molecule has 1 aliphatic heterocycles. The lowest BCUT2D eigenvalue weighted by Gasteiger charge is -2.25. The number of fused-ring (bicyclic) bond motifs is 1. The zero-order valence-corrected chi connectivity index (χ0v) is 13.5. The molecule has 0 spiro atoms. The van der Waals surface area contributed by atoms with E-state index >= 15 is 0 Å². The van der Waals surface area contributed by atoms with Crippen molar-refractivity contribution in [3.63, 3.8) is 0 Å². The fourth-order valence-corrected chi connectivity index (χ4v) is 4.65. The van der Waals surface area contributed by atoms with Crippen LogP contribution < -0.4 is 0 Å². The summed E-state index contributed by atoms with van der Waals surface area (Å²) in [5.74, 6) is -1.39. The Labute approximate surface area is 140 Å². The van der Waals surface area contributed by atoms with Crippen LogP contribution in [0, 0.1) is 23.7 Å². The minimum absolute atomic E-state index is 0.00975. The Bertz CT molecular complexity index is 680. The number of Topliss-reactive ketones (excluding diaryl/α,β-unsaturated/α-hetero) is 1. The lowest BCUT2D eigenvalue weighted by atomic mass is 9.80. The Hall–Kier alpha value is -2.17. The van der Waals surface area contributed by atoms with Gasteiger partial charge in [-0.15, -0.1) is 0 Å². The molecule has 2 aliphatic carbocycles. The Morgan fingerprint density at radius 3 is 2.71 bits per heavy atom. The van der Waals surface area contributed by atoms with Crippen molar-refractivity contribution in [1.29, 1.82) is 0 Å². The maximum atomic E-state index is 12.7. The molecular weight excluding hydrogens is 308 g/mol. The van der Waals surface area contributed by atoms with Crippen LogP contribution in [0.25, 0.3) is 0 Å². The summed E-state index contributed by atoms with van der Waals surface area (Å²) < 4.78 is 10.9. The van der Waals surface area contributed by atoms with Gasteiger partial charge in [-0.05, 0) is 25.2 Å². The third-order valence-electron chi connectivity index (χ3n) is 5.74. The first-order valence-electron chi connectivity index (χ1n) is 8.60. The van der Waals surface area contributed by atoms with E-state index in [-0.39, 0.29) is 35.6 Å². The first-order chi connectivity index (χ1) is 11.6. The number of ether oxygens (including phenoxy) is 2. The van der Waals surface area contributed by atoms with E-state index in [0.717, 1.165) is 12.8 Å². The number of carbonyl (C=O) groups is 3. The highest BCUT2D eigenvalue weighted by atomic mass is 16.6. The molecule has 5 heteroatoms. The molecule has 2 saturated carbocycles. The Morgan fingerprint density at radius 2 is 2.00 bits per heavy atom. The second-order valence-corrected chi connectivity index (χ2v) is 6.99. The third kappa shape index (κ3) is 2.26. The van der Waals surface area contributed by atoms with Crippen LogP contribution >= 0.6 is 0 Å². The topological polar surface area (TPSA) is 69.7 Å². The minimum atomic E-state index is -0.799. The van der Waals surface area contributed by atoms with Gasteiger partial charge in [0.1, 0.15) is 6.10 Å². The molecule has 5 nitrogen and oxygen atoms in total. The van der Waals surface area contributed by atoms with Crippen molar-refractivity contribution in [1.82, 2.24) is 0 Å². The van der Waals surface area contributed by atoms with Crippen molar-refractivity contribution in [3.05, 3.63) is 35.9 Å². The maximum absolute atomic E-state index is 12.7. The zero-order chi connectivity index (χ0) is 16.8. The first-order valence-corrected chi connectivity index (χ1v) is 8.60. The molecule has 0 N–H and O–H groups in total. The predicted molar refractivity (Wildman–Crippen MR) is 84.0 cm³/mol. The van der Waals surface area contributed by atoms with E-state index < -0.39 is 18.0 Å². The number of esters is 2. The summed E-state index contributed by atoms with van der Waals surface area (Å²) in [6, 6.07) is 8.84. The van der Waals surface area contributed by atoms with Gasteiger partial charge >= 0.3 is 11.9 Å².